The van der Waals surface area contributed by atoms with E-state index in [4.69, 9.17) is 14.2 Å². The minimum Gasteiger partial charge on any atom is -0.468 e. The van der Waals surface area contributed by atoms with Gasteiger partial charge in [-0.15, -0.1) is 0 Å². The largest absolute Gasteiger partial charge is 0.468 e. The second-order valence-electron chi connectivity index (χ2n) is 6.08. The van der Waals surface area contributed by atoms with Crippen molar-refractivity contribution in [2.24, 2.45) is 11.3 Å². The number of benzene rings is 1. The molecule has 4 nitrogen and oxygen atoms in total. The van der Waals surface area contributed by atoms with Crippen LogP contribution in [0.1, 0.15) is 31.9 Å². The zero-order valence-corrected chi connectivity index (χ0v) is 16.2. The number of hydrogen-bond acceptors (Lipinski definition) is 4. The first-order valence-electron chi connectivity index (χ1n) is 8.16. The van der Waals surface area contributed by atoms with Crippen LogP contribution in [0.4, 0.5) is 0 Å². The molecule has 24 heavy (non-hydrogen) atoms. The lowest BCUT2D eigenvalue weighted by atomic mass is 9.94. The summed E-state index contributed by atoms with van der Waals surface area (Å²) in [5.41, 5.74) is 0.437. The molecule has 0 heterocycles. The zero-order valence-electron chi connectivity index (χ0n) is 14.6. The maximum atomic E-state index is 12.2. The van der Waals surface area contributed by atoms with E-state index < -0.39 is 5.41 Å². The van der Waals surface area contributed by atoms with Gasteiger partial charge in [-0.05, 0) is 25.0 Å². The molecule has 132 valence electrons. The van der Waals surface area contributed by atoms with Crippen LogP contribution in [0.2, 0.25) is 0 Å². The molecule has 5 heteroatoms. The Labute approximate surface area is 152 Å². The molecule has 1 saturated carbocycles. The highest BCUT2D eigenvalue weighted by Gasteiger charge is 2.60. The molecule has 1 fully saturated rings. The first-order valence-corrected chi connectivity index (χ1v) is 8.96. The van der Waals surface area contributed by atoms with Crippen molar-refractivity contribution in [2.75, 3.05) is 20.8 Å². The minimum atomic E-state index is -0.648. The van der Waals surface area contributed by atoms with Gasteiger partial charge in [-0.3, -0.25) is 4.79 Å². The molecule has 0 N–H and O–H groups in total. The van der Waals surface area contributed by atoms with Crippen molar-refractivity contribution in [1.29, 1.82) is 0 Å². The fourth-order valence-electron chi connectivity index (χ4n) is 3.06. The van der Waals surface area contributed by atoms with Crippen LogP contribution >= 0.6 is 15.9 Å². The quantitative estimate of drug-likeness (QED) is 0.485. The fourth-order valence-corrected chi connectivity index (χ4v) is 3.57. The van der Waals surface area contributed by atoms with E-state index in [2.05, 4.69) is 22.9 Å². The average molecular weight is 397 g/mol. The third-order valence-electron chi connectivity index (χ3n) is 4.51. The summed E-state index contributed by atoms with van der Waals surface area (Å²) < 4.78 is 17.3. The van der Waals surface area contributed by atoms with E-state index in [0.29, 0.717) is 13.0 Å². The van der Waals surface area contributed by atoms with Crippen molar-refractivity contribution < 1.29 is 19.0 Å². The molecule has 0 aromatic heterocycles. The molecule has 0 unspecified atom stereocenters. The van der Waals surface area contributed by atoms with Crippen molar-refractivity contribution in [3.05, 3.63) is 46.5 Å². The SMILES string of the molecule is CCO[C@@H]1C[C@@]1(/C=C/[C@@H](C)[C@H](OC)c1ccccc1Br)C(=O)OC. The van der Waals surface area contributed by atoms with Gasteiger partial charge in [0.15, 0.2) is 0 Å². The Bertz CT molecular complexity index is 601. The second-order valence-corrected chi connectivity index (χ2v) is 6.93. The summed E-state index contributed by atoms with van der Waals surface area (Å²) in [6.07, 6.45) is 4.44. The molecule has 0 aliphatic heterocycles. The van der Waals surface area contributed by atoms with Gasteiger partial charge in [0.05, 0.1) is 19.3 Å². The number of hydrogen-bond donors (Lipinski definition) is 0. The number of carbonyl (C=O) groups is 1. The molecule has 0 radical (unpaired) electrons. The second kappa shape index (κ2) is 8.28. The van der Waals surface area contributed by atoms with Gasteiger partial charge in [0.1, 0.15) is 5.41 Å². The molecule has 0 saturated heterocycles. The van der Waals surface area contributed by atoms with Crippen LogP contribution in [0.25, 0.3) is 0 Å². The normalized spacial score (nSPS) is 25.5. The smallest absolute Gasteiger partial charge is 0.318 e. The predicted octanol–water partition coefficient (Wildman–Crippen LogP) is 4.30. The molecule has 0 spiro atoms. The van der Waals surface area contributed by atoms with Gasteiger partial charge in [-0.1, -0.05) is 53.2 Å². The Morgan fingerprint density at radius 1 is 1.42 bits per heavy atom. The Hall–Kier alpha value is -1.17. The highest BCUT2D eigenvalue weighted by molar-refractivity contribution is 9.10. The van der Waals surface area contributed by atoms with Crippen LogP contribution in [0.5, 0.6) is 0 Å². The lowest BCUT2D eigenvalue weighted by Crippen LogP contribution is -2.21. The van der Waals surface area contributed by atoms with Gasteiger partial charge in [0, 0.05) is 24.1 Å². The van der Waals surface area contributed by atoms with Crippen molar-refractivity contribution in [3.63, 3.8) is 0 Å². The van der Waals surface area contributed by atoms with Crippen LogP contribution in [0.3, 0.4) is 0 Å². The molecule has 0 amide bonds. The van der Waals surface area contributed by atoms with Crippen LogP contribution in [-0.4, -0.2) is 32.9 Å². The molecule has 1 aliphatic rings. The average Bonchev–Trinajstić information content (AvgIpc) is 3.29. The summed E-state index contributed by atoms with van der Waals surface area (Å²) in [5, 5.41) is 0. The highest BCUT2D eigenvalue weighted by Crippen LogP contribution is 2.51. The zero-order chi connectivity index (χ0) is 17.7. The monoisotopic (exact) mass is 396 g/mol. The lowest BCUT2D eigenvalue weighted by molar-refractivity contribution is -0.146. The highest BCUT2D eigenvalue weighted by atomic mass is 79.9. The van der Waals surface area contributed by atoms with Crippen LogP contribution in [-0.2, 0) is 19.0 Å². The number of rotatable bonds is 8. The van der Waals surface area contributed by atoms with Crippen molar-refractivity contribution >= 4 is 21.9 Å². The molecule has 1 aromatic rings. The topological polar surface area (TPSA) is 44.8 Å². The summed E-state index contributed by atoms with van der Waals surface area (Å²) in [6.45, 7) is 4.60. The van der Waals surface area contributed by atoms with Gasteiger partial charge in [-0.25, -0.2) is 0 Å². The van der Waals surface area contributed by atoms with E-state index in [-0.39, 0.29) is 24.1 Å². The number of carbonyl (C=O) groups excluding carboxylic acids is 1. The Balaban J connectivity index is 2.17. The van der Waals surface area contributed by atoms with Crippen LogP contribution in [0, 0.1) is 11.3 Å². The number of halogens is 1. The van der Waals surface area contributed by atoms with Gasteiger partial charge >= 0.3 is 5.97 Å². The molecule has 4 atom stereocenters. The van der Waals surface area contributed by atoms with E-state index in [1.807, 2.05) is 43.3 Å². The van der Waals surface area contributed by atoms with E-state index in [1.165, 1.54) is 7.11 Å². The van der Waals surface area contributed by atoms with E-state index >= 15 is 0 Å². The van der Waals surface area contributed by atoms with E-state index in [0.717, 1.165) is 10.0 Å². The third-order valence-corrected chi connectivity index (χ3v) is 5.23. The first-order chi connectivity index (χ1) is 11.5. The fraction of sp³-hybridized carbons (Fsp3) is 0.526. The van der Waals surface area contributed by atoms with Crippen LogP contribution < -0.4 is 0 Å². The van der Waals surface area contributed by atoms with Gasteiger partial charge in [0.2, 0.25) is 0 Å². The van der Waals surface area contributed by atoms with Crippen molar-refractivity contribution in [2.45, 2.75) is 32.5 Å². The molecule has 1 aliphatic carbocycles. The minimum absolute atomic E-state index is 0.0946. The predicted molar refractivity (Wildman–Crippen MR) is 96.7 cm³/mol. The van der Waals surface area contributed by atoms with Crippen LogP contribution in [0.15, 0.2) is 40.9 Å². The summed E-state index contributed by atoms with van der Waals surface area (Å²) in [4.78, 5) is 12.2. The Kier molecular flexibility index (Phi) is 6.61. The lowest BCUT2D eigenvalue weighted by Gasteiger charge is -2.22. The Morgan fingerprint density at radius 2 is 2.12 bits per heavy atom. The number of ether oxygens (including phenoxy) is 3. The van der Waals surface area contributed by atoms with Crippen molar-refractivity contribution in [1.82, 2.24) is 0 Å². The number of esters is 1. The maximum Gasteiger partial charge on any atom is 0.318 e. The summed E-state index contributed by atoms with van der Waals surface area (Å²) in [6, 6.07) is 8.01. The summed E-state index contributed by atoms with van der Waals surface area (Å²) >= 11 is 3.58. The maximum absolute atomic E-state index is 12.2. The third kappa shape index (κ3) is 3.90. The van der Waals surface area contributed by atoms with E-state index in [9.17, 15) is 4.79 Å². The molecule has 2 rings (SSSR count). The number of methoxy groups -OCH3 is 2. The molecule has 0 bridgehead atoms. The standard InChI is InChI=1S/C19H25BrO4/c1-5-24-16-12-19(16,18(21)23-4)11-10-13(2)17(22-3)14-8-6-7-9-15(14)20/h6-11,13,16-17H,5,12H2,1-4H3/b11-10+/t13-,16-,17+,19-/m1/s1. The van der Waals surface area contributed by atoms with Gasteiger partial charge < -0.3 is 14.2 Å². The van der Waals surface area contributed by atoms with E-state index in [1.54, 1.807) is 7.11 Å². The molecular weight excluding hydrogens is 372 g/mol. The molecular formula is C19H25BrO4. The Morgan fingerprint density at radius 3 is 2.71 bits per heavy atom. The van der Waals surface area contributed by atoms with Gasteiger partial charge in [-0.2, -0.15) is 0 Å². The van der Waals surface area contributed by atoms with Gasteiger partial charge in [0.25, 0.3) is 0 Å². The summed E-state index contributed by atoms with van der Waals surface area (Å²) in [7, 11) is 3.12. The van der Waals surface area contributed by atoms with Crippen molar-refractivity contribution in [3.8, 4) is 0 Å². The first kappa shape index (κ1) is 19.2. The summed E-state index contributed by atoms with van der Waals surface area (Å²) in [5.74, 6) is -0.141. The molecule has 1 aromatic carbocycles.